The second-order valence-corrected chi connectivity index (χ2v) is 11.4. The Morgan fingerprint density at radius 3 is 2.48 bits per heavy atom. The van der Waals surface area contributed by atoms with Gasteiger partial charge in [-0.15, -0.1) is 0 Å². The summed E-state index contributed by atoms with van der Waals surface area (Å²) in [7, 11) is 1.57. The number of methoxy groups -OCH3 is 1. The summed E-state index contributed by atoms with van der Waals surface area (Å²) in [5.41, 5.74) is 3.06. The van der Waals surface area contributed by atoms with Crippen molar-refractivity contribution in [3.63, 3.8) is 0 Å². The van der Waals surface area contributed by atoms with E-state index in [1.807, 2.05) is 42.5 Å². The van der Waals surface area contributed by atoms with Gasteiger partial charge < -0.3 is 14.4 Å². The molecule has 6 rings (SSSR count). The van der Waals surface area contributed by atoms with Gasteiger partial charge in [0.2, 0.25) is 0 Å². The standard InChI is InChI=1S/C33H30N4O6S/c1-3-43-32(39)28-29(21-9-5-4-6-10-21)34-33-36(30(28)22-11-14-25(42-2)15-12-22)31(38)27(44-33)20-23-19-24(37(40)41)13-16-26(23)35-17-7-8-18-35/h4-6,9-16,19-20,30H,3,7-8,17-18H2,1-2H3/b27-20+/t30-/m0/s1. The molecule has 3 aromatic carbocycles. The molecule has 1 saturated heterocycles. The van der Waals surface area contributed by atoms with Crippen LogP contribution in [-0.2, 0) is 9.53 Å². The van der Waals surface area contributed by atoms with Gasteiger partial charge in [-0.3, -0.25) is 19.5 Å². The molecule has 4 aromatic rings. The maximum Gasteiger partial charge on any atom is 0.338 e. The number of esters is 1. The zero-order valence-corrected chi connectivity index (χ0v) is 25.1. The minimum atomic E-state index is -0.836. The van der Waals surface area contributed by atoms with Crippen LogP contribution in [0.4, 0.5) is 11.4 Å². The molecular formula is C33H30N4O6S. The summed E-state index contributed by atoms with van der Waals surface area (Å²) >= 11 is 1.18. The predicted molar refractivity (Wildman–Crippen MR) is 169 cm³/mol. The lowest BCUT2D eigenvalue weighted by molar-refractivity contribution is -0.384. The molecule has 2 aliphatic heterocycles. The molecule has 0 radical (unpaired) electrons. The van der Waals surface area contributed by atoms with Gasteiger partial charge in [-0.05, 0) is 49.6 Å². The van der Waals surface area contributed by atoms with Gasteiger partial charge in [0, 0.05) is 42.0 Å². The third-order valence-electron chi connectivity index (χ3n) is 7.76. The number of anilines is 1. The van der Waals surface area contributed by atoms with Gasteiger partial charge >= 0.3 is 5.97 Å². The molecule has 0 amide bonds. The summed E-state index contributed by atoms with van der Waals surface area (Å²) in [6.07, 6.45) is 3.75. The van der Waals surface area contributed by atoms with E-state index in [4.69, 9.17) is 14.5 Å². The second-order valence-electron chi connectivity index (χ2n) is 10.4. The van der Waals surface area contributed by atoms with E-state index < -0.39 is 16.9 Å². The van der Waals surface area contributed by atoms with Gasteiger partial charge in [0.1, 0.15) is 5.75 Å². The highest BCUT2D eigenvalue weighted by atomic mass is 32.1. The second kappa shape index (κ2) is 12.3. The van der Waals surface area contributed by atoms with Gasteiger partial charge in [-0.1, -0.05) is 53.8 Å². The summed E-state index contributed by atoms with van der Waals surface area (Å²) < 4.78 is 12.7. The molecular weight excluding hydrogens is 580 g/mol. The Morgan fingerprint density at radius 2 is 1.82 bits per heavy atom. The minimum absolute atomic E-state index is 0.0564. The van der Waals surface area contributed by atoms with Crippen molar-refractivity contribution in [3.05, 3.63) is 125 Å². The van der Waals surface area contributed by atoms with Crippen molar-refractivity contribution in [2.24, 2.45) is 4.99 Å². The van der Waals surface area contributed by atoms with Crippen LogP contribution in [0.5, 0.6) is 5.75 Å². The lowest BCUT2D eigenvalue weighted by Gasteiger charge is -2.26. The van der Waals surface area contributed by atoms with Gasteiger partial charge in [-0.2, -0.15) is 0 Å². The fourth-order valence-corrected chi connectivity index (χ4v) is 6.69. The fourth-order valence-electron chi connectivity index (χ4n) is 5.70. The molecule has 10 nitrogen and oxygen atoms in total. The molecule has 1 aromatic heterocycles. The number of carbonyl (C=O) groups excluding carboxylic acids is 1. The number of rotatable bonds is 8. The van der Waals surface area contributed by atoms with E-state index in [1.165, 1.54) is 28.0 Å². The van der Waals surface area contributed by atoms with E-state index in [1.54, 1.807) is 38.3 Å². The molecule has 3 heterocycles. The first-order valence-corrected chi connectivity index (χ1v) is 15.2. The first-order chi connectivity index (χ1) is 21.4. The normalized spacial score (nSPS) is 16.5. The quantitative estimate of drug-likeness (QED) is 0.164. The summed E-state index contributed by atoms with van der Waals surface area (Å²) in [5, 5.41) is 11.7. The van der Waals surface area contributed by atoms with E-state index in [9.17, 15) is 19.7 Å². The van der Waals surface area contributed by atoms with E-state index in [-0.39, 0.29) is 23.4 Å². The van der Waals surface area contributed by atoms with E-state index in [2.05, 4.69) is 4.90 Å². The molecule has 0 unspecified atom stereocenters. The highest BCUT2D eigenvalue weighted by molar-refractivity contribution is 7.07. The largest absolute Gasteiger partial charge is 0.497 e. The zero-order valence-electron chi connectivity index (χ0n) is 24.3. The third-order valence-corrected chi connectivity index (χ3v) is 8.74. The van der Waals surface area contributed by atoms with Crippen LogP contribution in [0.2, 0.25) is 0 Å². The van der Waals surface area contributed by atoms with Crippen LogP contribution in [0.1, 0.15) is 42.5 Å². The highest BCUT2D eigenvalue weighted by Gasteiger charge is 2.35. The summed E-state index contributed by atoms with van der Waals surface area (Å²) in [6.45, 7) is 3.55. The van der Waals surface area contributed by atoms with Crippen molar-refractivity contribution >= 4 is 40.5 Å². The third kappa shape index (κ3) is 5.42. The van der Waals surface area contributed by atoms with E-state index in [0.29, 0.717) is 37.5 Å². The number of hydrogen-bond acceptors (Lipinski definition) is 9. The summed E-state index contributed by atoms with van der Waals surface area (Å²) in [6, 6.07) is 20.4. The molecule has 224 valence electrons. The van der Waals surface area contributed by atoms with Crippen LogP contribution in [0.3, 0.4) is 0 Å². The van der Waals surface area contributed by atoms with Gasteiger partial charge in [0.25, 0.3) is 11.2 Å². The van der Waals surface area contributed by atoms with Gasteiger partial charge in [0.05, 0.1) is 40.5 Å². The molecule has 0 bridgehead atoms. The van der Waals surface area contributed by atoms with Crippen LogP contribution < -0.4 is 24.5 Å². The SMILES string of the molecule is CCOC(=O)C1=C(c2ccccc2)N=c2s/c(=C/c3cc([N+](=O)[O-])ccc3N3CCCC3)c(=O)n2[C@H]1c1ccc(OC)cc1. The van der Waals surface area contributed by atoms with Crippen molar-refractivity contribution in [3.8, 4) is 5.75 Å². The lowest BCUT2D eigenvalue weighted by atomic mass is 9.93. The van der Waals surface area contributed by atoms with Crippen LogP contribution in [0.15, 0.2) is 88.2 Å². The number of aromatic nitrogens is 1. The Bertz CT molecular complexity index is 1940. The maximum atomic E-state index is 14.3. The van der Waals surface area contributed by atoms with Crippen molar-refractivity contribution < 1.29 is 19.2 Å². The molecule has 1 fully saturated rings. The topological polar surface area (TPSA) is 116 Å². The Morgan fingerprint density at radius 1 is 1.09 bits per heavy atom. The van der Waals surface area contributed by atoms with Crippen molar-refractivity contribution in [2.75, 3.05) is 31.7 Å². The number of ether oxygens (including phenoxy) is 2. The monoisotopic (exact) mass is 610 g/mol. The number of nitrogens with zero attached hydrogens (tertiary/aromatic N) is 4. The number of nitro benzene ring substituents is 1. The Hall–Kier alpha value is -5.03. The van der Waals surface area contributed by atoms with Crippen molar-refractivity contribution in [2.45, 2.75) is 25.8 Å². The van der Waals surface area contributed by atoms with Crippen LogP contribution in [-0.4, -0.2) is 42.3 Å². The Kier molecular flexibility index (Phi) is 8.12. The average molecular weight is 611 g/mol. The lowest BCUT2D eigenvalue weighted by Crippen LogP contribution is -2.40. The van der Waals surface area contributed by atoms with Gasteiger partial charge in [0.15, 0.2) is 4.80 Å². The number of carbonyl (C=O) groups is 1. The van der Waals surface area contributed by atoms with Crippen molar-refractivity contribution in [1.82, 2.24) is 4.57 Å². The first kappa shape index (κ1) is 29.1. The summed E-state index contributed by atoms with van der Waals surface area (Å²) in [4.78, 5) is 46.6. The predicted octanol–water partition coefficient (Wildman–Crippen LogP) is 4.45. The van der Waals surface area contributed by atoms with Crippen LogP contribution >= 0.6 is 11.3 Å². The molecule has 44 heavy (non-hydrogen) atoms. The fraction of sp³-hybridized carbons (Fsp3) is 0.242. The zero-order chi connectivity index (χ0) is 30.8. The number of non-ortho nitro benzene ring substituents is 1. The molecule has 0 aliphatic carbocycles. The molecule has 0 N–H and O–H groups in total. The van der Waals surface area contributed by atoms with Crippen molar-refractivity contribution in [1.29, 1.82) is 0 Å². The molecule has 1 atom stereocenters. The van der Waals surface area contributed by atoms with E-state index >= 15 is 0 Å². The number of hydrogen-bond donors (Lipinski definition) is 0. The number of benzene rings is 3. The van der Waals surface area contributed by atoms with E-state index in [0.717, 1.165) is 31.6 Å². The maximum absolute atomic E-state index is 14.3. The van der Waals surface area contributed by atoms with Crippen LogP contribution in [0, 0.1) is 10.1 Å². The minimum Gasteiger partial charge on any atom is -0.497 e. The molecule has 11 heteroatoms. The Balaban J connectivity index is 1.62. The Labute approximate surface area is 257 Å². The van der Waals surface area contributed by atoms with Gasteiger partial charge in [-0.25, -0.2) is 9.79 Å². The average Bonchev–Trinajstić information content (AvgIpc) is 3.69. The molecule has 0 saturated carbocycles. The number of fused-ring (bicyclic) bond motifs is 1. The summed E-state index contributed by atoms with van der Waals surface area (Å²) in [5.74, 6) is 0.0615. The number of nitro groups is 1. The first-order valence-electron chi connectivity index (χ1n) is 14.4. The number of thiazole rings is 1. The molecule has 2 aliphatic rings. The van der Waals surface area contributed by atoms with Crippen LogP contribution in [0.25, 0.3) is 11.8 Å². The molecule has 0 spiro atoms. The highest BCUT2D eigenvalue weighted by Crippen LogP contribution is 2.36. The smallest absolute Gasteiger partial charge is 0.338 e.